The number of phenols is 1. The van der Waals surface area contributed by atoms with E-state index >= 15 is 0 Å². The summed E-state index contributed by atoms with van der Waals surface area (Å²) in [6.07, 6.45) is 2.55. The lowest BCUT2D eigenvalue weighted by Gasteiger charge is -2.28. The molecule has 0 aliphatic carbocycles. The molecule has 1 aromatic rings. The number of carboxylic acids is 1. The van der Waals surface area contributed by atoms with Crippen molar-refractivity contribution in [2.45, 2.75) is 90.4 Å². The molecule has 38 heavy (non-hydrogen) atoms. The maximum Gasteiger partial charge on any atom is 0.326 e. The number of nitrogens with two attached hydrogens (primary N) is 2. The third-order valence-corrected chi connectivity index (χ3v) is 6.43. The number of carbonyl (C=O) groups is 4. The largest absolute Gasteiger partial charge is 0.508 e. The van der Waals surface area contributed by atoms with Gasteiger partial charge < -0.3 is 37.6 Å². The van der Waals surface area contributed by atoms with E-state index in [2.05, 4.69) is 16.0 Å². The Balaban J connectivity index is 3.03. The fraction of sp³-hybridized carbons (Fsp3) is 0.630. The zero-order valence-corrected chi connectivity index (χ0v) is 22.9. The van der Waals surface area contributed by atoms with Crippen LogP contribution in [0.2, 0.25) is 0 Å². The minimum Gasteiger partial charge on any atom is -0.508 e. The molecule has 11 heteroatoms. The summed E-state index contributed by atoms with van der Waals surface area (Å²) in [5.41, 5.74) is 12.2. The predicted molar refractivity (Wildman–Crippen MR) is 145 cm³/mol. The number of carbonyl (C=O) groups excluding carboxylic acids is 3. The molecule has 11 nitrogen and oxygen atoms in total. The molecule has 0 spiro atoms. The van der Waals surface area contributed by atoms with Crippen LogP contribution in [0.3, 0.4) is 0 Å². The third-order valence-electron chi connectivity index (χ3n) is 6.43. The summed E-state index contributed by atoms with van der Waals surface area (Å²) in [6.45, 7) is 7.96. The maximum absolute atomic E-state index is 13.3. The van der Waals surface area contributed by atoms with E-state index in [1.54, 1.807) is 19.1 Å². The van der Waals surface area contributed by atoms with Gasteiger partial charge in [-0.1, -0.05) is 46.2 Å². The topological polar surface area (TPSA) is 197 Å². The van der Waals surface area contributed by atoms with E-state index in [4.69, 9.17) is 11.5 Å². The molecule has 5 unspecified atom stereocenters. The highest BCUT2D eigenvalue weighted by Gasteiger charge is 2.32. The van der Waals surface area contributed by atoms with Gasteiger partial charge >= 0.3 is 5.97 Å². The average Bonchev–Trinajstić information content (AvgIpc) is 2.86. The van der Waals surface area contributed by atoms with Crippen molar-refractivity contribution in [3.05, 3.63) is 29.8 Å². The first-order valence-corrected chi connectivity index (χ1v) is 13.3. The number of carboxylic acid groups (broad SMARTS) is 1. The molecule has 0 aromatic heterocycles. The molecule has 0 fully saturated rings. The number of amides is 3. The molecule has 5 atom stereocenters. The average molecular weight is 536 g/mol. The zero-order chi connectivity index (χ0) is 28.8. The molecule has 0 aliphatic rings. The number of rotatable bonds is 17. The second-order valence-corrected chi connectivity index (χ2v) is 10.2. The van der Waals surface area contributed by atoms with Gasteiger partial charge in [-0.3, -0.25) is 14.4 Å². The first-order valence-electron chi connectivity index (χ1n) is 13.3. The minimum atomic E-state index is -1.25. The van der Waals surface area contributed by atoms with Gasteiger partial charge in [-0.2, -0.15) is 0 Å². The summed E-state index contributed by atoms with van der Waals surface area (Å²) in [7, 11) is 0. The minimum absolute atomic E-state index is 0.00592. The van der Waals surface area contributed by atoms with E-state index < -0.39 is 47.9 Å². The third kappa shape index (κ3) is 11.5. The second-order valence-electron chi connectivity index (χ2n) is 10.2. The monoisotopic (exact) mass is 535 g/mol. The molecule has 9 N–H and O–H groups in total. The van der Waals surface area contributed by atoms with Gasteiger partial charge in [0.2, 0.25) is 17.7 Å². The number of aromatic hydroxyl groups is 1. The van der Waals surface area contributed by atoms with Crippen LogP contribution < -0.4 is 27.4 Å². The molecule has 1 aromatic carbocycles. The number of benzene rings is 1. The van der Waals surface area contributed by atoms with Gasteiger partial charge in [-0.05, 0) is 61.8 Å². The molecule has 3 amide bonds. The first kappa shape index (κ1) is 32.8. The molecule has 0 aliphatic heterocycles. The van der Waals surface area contributed by atoms with E-state index in [-0.39, 0.29) is 24.0 Å². The summed E-state index contributed by atoms with van der Waals surface area (Å²) >= 11 is 0. The molecule has 0 saturated carbocycles. The summed E-state index contributed by atoms with van der Waals surface area (Å²) in [5, 5.41) is 27.1. The van der Waals surface area contributed by atoms with Crippen molar-refractivity contribution in [1.29, 1.82) is 0 Å². The van der Waals surface area contributed by atoms with E-state index in [1.165, 1.54) is 12.1 Å². The van der Waals surface area contributed by atoms with E-state index in [0.717, 1.165) is 0 Å². The molecule has 0 saturated heterocycles. The molecular weight excluding hydrogens is 490 g/mol. The molecular formula is C27H45N5O6. The van der Waals surface area contributed by atoms with Gasteiger partial charge in [0.05, 0.1) is 6.04 Å². The number of unbranched alkanes of at least 4 members (excludes halogenated alkanes) is 1. The molecule has 0 heterocycles. The van der Waals surface area contributed by atoms with Gasteiger partial charge in [0.25, 0.3) is 0 Å². The Kier molecular flexibility index (Phi) is 14.4. The molecule has 0 radical (unpaired) electrons. The Labute approximate surface area is 225 Å². The Morgan fingerprint density at radius 1 is 0.895 bits per heavy atom. The van der Waals surface area contributed by atoms with Crippen molar-refractivity contribution in [3.8, 4) is 5.75 Å². The van der Waals surface area contributed by atoms with Crippen LogP contribution in [0.4, 0.5) is 0 Å². The first-order chi connectivity index (χ1) is 17.9. The fourth-order valence-corrected chi connectivity index (χ4v) is 3.94. The van der Waals surface area contributed by atoms with Gasteiger partial charge in [0.15, 0.2) is 0 Å². The van der Waals surface area contributed by atoms with Crippen LogP contribution in [-0.4, -0.2) is 64.6 Å². The van der Waals surface area contributed by atoms with Crippen LogP contribution in [0.15, 0.2) is 24.3 Å². The SMILES string of the molecule is CCC(C)C(NC(=O)C(CCCCN)NC(=O)C(N)CC(C)C)C(=O)NC(Cc1ccc(O)cc1)C(=O)O. The quantitative estimate of drug-likeness (QED) is 0.143. The highest BCUT2D eigenvalue weighted by molar-refractivity contribution is 5.94. The van der Waals surface area contributed by atoms with Crippen molar-refractivity contribution in [2.24, 2.45) is 23.3 Å². The molecule has 214 valence electrons. The summed E-state index contributed by atoms with van der Waals surface area (Å²) < 4.78 is 0. The maximum atomic E-state index is 13.3. The standard InChI is InChI=1S/C27H45N5O6/c1-5-17(4)23(26(36)31-22(27(37)38)15-18-9-11-19(33)12-10-18)32-25(35)21(8-6-7-13-28)30-24(34)20(29)14-16(2)3/h9-12,16-17,20-23,33H,5-8,13-15,28-29H2,1-4H3,(H,30,34)(H,31,36)(H,32,35)(H,37,38). The number of hydrogen-bond acceptors (Lipinski definition) is 7. The lowest BCUT2D eigenvalue weighted by atomic mass is 9.96. The number of hydrogen-bond donors (Lipinski definition) is 7. The Bertz CT molecular complexity index is 908. The second kappa shape index (κ2) is 16.6. The predicted octanol–water partition coefficient (Wildman–Crippen LogP) is 1.02. The Morgan fingerprint density at radius 2 is 1.50 bits per heavy atom. The number of nitrogens with one attached hydrogen (secondary N) is 3. The Morgan fingerprint density at radius 3 is 2.03 bits per heavy atom. The van der Waals surface area contributed by atoms with Crippen molar-refractivity contribution in [2.75, 3.05) is 6.54 Å². The number of aliphatic carboxylic acids is 1. The highest BCUT2D eigenvalue weighted by Crippen LogP contribution is 2.14. The van der Waals surface area contributed by atoms with E-state index in [9.17, 15) is 29.4 Å². The zero-order valence-electron chi connectivity index (χ0n) is 22.9. The summed E-state index contributed by atoms with van der Waals surface area (Å²) in [5.74, 6) is -2.93. The van der Waals surface area contributed by atoms with Crippen molar-refractivity contribution >= 4 is 23.7 Å². The van der Waals surface area contributed by atoms with Gasteiger partial charge in [-0.15, -0.1) is 0 Å². The van der Waals surface area contributed by atoms with Gasteiger partial charge in [0, 0.05) is 6.42 Å². The van der Waals surface area contributed by atoms with Crippen molar-refractivity contribution in [3.63, 3.8) is 0 Å². The van der Waals surface area contributed by atoms with Crippen LogP contribution in [-0.2, 0) is 25.6 Å². The lowest BCUT2D eigenvalue weighted by molar-refractivity contribution is -0.142. The van der Waals surface area contributed by atoms with E-state index in [0.29, 0.717) is 44.2 Å². The smallest absolute Gasteiger partial charge is 0.326 e. The fourth-order valence-electron chi connectivity index (χ4n) is 3.94. The van der Waals surface area contributed by atoms with Crippen molar-refractivity contribution in [1.82, 2.24) is 16.0 Å². The highest BCUT2D eigenvalue weighted by atomic mass is 16.4. The van der Waals surface area contributed by atoms with Gasteiger partial charge in [0.1, 0.15) is 23.9 Å². The van der Waals surface area contributed by atoms with Crippen LogP contribution in [0.1, 0.15) is 65.4 Å². The normalized spacial score (nSPS) is 15.1. The van der Waals surface area contributed by atoms with Crippen LogP contribution >= 0.6 is 0 Å². The number of phenolic OH excluding ortho intramolecular Hbond substituents is 1. The molecule has 1 rings (SSSR count). The van der Waals surface area contributed by atoms with Crippen LogP contribution in [0.25, 0.3) is 0 Å². The summed E-state index contributed by atoms with van der Waals surface area (Å²) in [4.78, 5) is 51.0. The molecule has 0 bridgehead atoms. The lowest BCUT2D eigenvalue weighted by Crippen LogP contribution is -2.58. The summed E-state index contributed by atoms with van der Waals surface area (Å²) in [6, 6.07) is 2.06. The van der Waals surface area contributed by atoms with Crippen molar-refractivity contribution < 1.29 is 29.4 Å². The Hall–Kier alpha value is -3.18. The van der Waals surface area contributed by atoms with Crippen LogP contribution in [0.5, 0.6) is 5.75 Å². The van der Waals surface area contributed by atoms with Gasteiger partial charge in [-0.25, -0.2) is 4.79 Å². The van der Waals surface area contributed by atoms with Crippen LogP contribution in [0, 0.1) is 11.8 Å². The van der Waals surface area contributed by atoms with E-state index in [1.807, 2.05) is 20.8 Å².